The molecule has 2 rings (SSSR count). The summed E-state index contributed by atoms with van der Waals surface area (Å²) in [6.07, 6.45) is -0.520. The van der Waals surface area contributed by atoms with E-state index >= 15 is 0 Å². The van der Waals surface area contributed by atoms with Crippen LogP contribution in [-0.2, 0) is 16.1 Å². The molecule has 0 saturated carbocycles. The second kappa shape index (κ2) is 8.35. The van der Waals surface area contributed by atoms with Gasteiger partial charge in [0.2, 0.25) is 0 Å². The molecule has 0 spiro atoms. The van der Waals surface area contributed by atoms with Gasteiger partial charge in [-0.1, -0.05) is 11.6 Å². The first kappa shape index (κ1) is 17.8. The number of benzene rings is 1. The Kier molecular flexibility index (Phi) is 6.47. The lowest BCUT2D eigenvalue weighted by atomic mass is 10.1. The number of rotatable bonds is 6. The van der Waals surface area contributed by atoms with E-state index in [1.54, 1.807) is 12.1 Å². The van der Waals surface area contributed by atoms with E-state index in [0.717, 1.165) is 5.56 Å². The molecule has 2 N–H and O–H groups in total. The topological polar surface area (TPSA) is 88.5 Å². The molecule has 8 heteroatoms. The number of hydrogen-bond acceptors (Lipinski definition) is 6. The zero-order valence-corrected chi connectivity index (χ0v) is 13.6. The highest BCUT2D eigenvalue weighted by atomic mass is 35.5. The molecule has 0 amide bonds. The van der Waals surface area contributed by atoms with E-state index in [9.17, 15) is 9.90 Å². The van der Waals surface area contributed by atoms with Crippen LogP contribution in [0.4, 0.5) is 0 Å². The summed E-state index contributed by atoms with van der Waals surface area (Å²) >= 11 is 6.18. The maximum Gasteiger partial charge on any atom is 0.341 e. The molecule has 1 aliphatic rings. The summed E-state index contributed by atoms with van der Waals surface area (Å²) in [5.74, 6) is -0.509. The minimum atomic E-state index is -1.09. The van der Waals surface area contributed by atoms with Crippen molar-refractivity contribution in [1.29, 1.82) is 0 Å². The van der Waals surface area contributed by atoms with Crippen LogP contribution in [-0.4, -0.2) is 67.2 Å². The van der Waals surface area contributed by atoms with Crippen molar-refractivity contribution in [1.82, 2.24) is 4.90 Å². The van der Waals surface area contributed by atoms with E-state index in [0.29, 0.717) is 38.6 Å². The number of carboxylic acids is 1. The van der Waals surface area contributed by atoms with E-state index in [1.807, 2.05) is 0 Å². The summed E-state index contributed by atoms with van der Waals surface area (Å²) in [5.41, 5.74) is 0.878. The van der Waals surface area contributed by atoms with Crippen LogP contribution in [0.1, 0.15) is 5.56 Å². The number of carbonyl (C=O) groups is 1. The molecule has 1 saturated heterocycles. The third-order valence-electron chi connectivity index (χ3n) is 3.37. The Morgan fingerprint density at radius 2 is 2.30 bits per heavy atom. The molecule has 1 heterocycles. The Balaban J connectivity index is 2.13. The van der Waals surface area contributed by atoms with Crippen LogP contribution in [0.25, 0.3) is 0 Å². The molecule has 7 nitrogen and oxygen atoms in total. The maximum atomic E-state index is 10.6. The van der Waals surface area contributed by atoms with E-state index in [-0.39, 0.29) is 10.8 Å². The zero-order chi connectivity index (χ0) is 16.8. The van der Waals surface area contributed by atoms with Gasteiger partial charge in [-0.3, -0.25) is 4.90 Å². The summed E-state index contributed by atoms with van der Waals surface area (Å²) in [4.78, 5) is 12.7. The number of β-amino-alcohol motifs (C(OH)–C–C–N with tert-alkyl or cyclic N) is 1. The standard InChI is InChI=1S/C15H20ClNO6/c1-21-13-5-10(4-12(16)15(13)23-9-14(19)20)6-17-2-3-22-8-11(18)7-17/h4-5,11,18H,2-3,6-9H2,1H3,(H,19,20). The van der Waals surface area contributed by atoms with Crippen LogP contribution in [0.3, 0.4) is 0 Å². The van der Waals surface area contributed by atoms with Crippen molar-refractivity contribution in [3.8, 4) is 11.5 Å². The third-order valence-corrected chi connectivity index (χ3v) is 3.65. The molecule has 1 aromatic rings. The zero-order valence-electron chi connectivity index (χ0n) is 12.8. The van der Waals surface area contributed by atoms with Crippen LogP contribution < -0.4 is 9.47 Å². The normalized spacial score (nSPS) is 19.2. The van der Waals surface area contributed by atoms with Crippen molar-refractivity contribution < 1.29 is 29.2 Å². The van der Waals surface area contributed by atoms with Gasteiger partial charge in [-0.15, -0.1) is 0 Å². The van der Waals surface area contributed by atoms with Gasteiger partial charge in [-0.05, 0) is 17.7 Å². The number of nitrogens with zero attached hydrogens (tertiary/aromatic N) is 1. The van der Waals surface area contributed by atoms with Gasteiger partial charge in [0.25, 0.3) is 0 Å². The molecule has 23 heavy (non-hydrogen) atoms. The number of hydrogen-bond donors (Lipinski definition) is 2. The first-order valence-electron chi connectivity index (χ1n) is 7.18. The van der Waals surface area contributed by atoms with Gasteiger partial charge in [0.15, 0.2) is 18.1 Å². The van der Waals surface area contributed by atoms with E-state index < -0.39 is 18.7 Å². The summed E-state index contributed by atoms with van der Waals surface area (Å²) < 4.78 is 15.7. The third kappa shape index (κ3) is 5.24. The predicted octanol–water partition coefficient (Wildman–Crippen LogP) is 1.01. The van der Waals surface area contributed by atoms with E-state index in [4.69, 9.17) is 30.9 Å². The number of aliphatic carboxylic acids is 1. The average Bonchev–Trinajstić information content (AvgIpc) is 2.69. The van der Waals surface area contributed by atoms with Crippen LogP contribution in [0.2, 0.25) is 5.02 Å². The molecule has 0 aromatic heterocycles. The number of ether oxygens (including phenoxy) is 3. The molecule has 1 unspecified atom stereocenters. The monoisotopic (exact) mass is 345 g/mol. The fourth-order valence-electron chi connectivity index (χ4n) is 2.40. The Hall–Kier alpha value is -1.54. The molecule has 0 radical (unpaired) electrons. The lowest BCUT2D eigenvalue weighted by Gasteiger charge is -2.22. The van der Waals surface area contributed by atoms with Gasteiger partial charge in [0, 0.05) is 19.6 Å². The fraction of sp³-hybridized carbons (Fsp3) is 0.533. The summed E-state index contributed by atoms with van der Waals surface area (Å²) in [6, 6.07) is 3.46. The average molecular weight is 346 g/mol. The smallest absolute Gasteiger partial charge is 0.341 e. The van der Waals surface area contributed by atoms with Crippen molar-refractivity contribution in [2.75, 3.05) is 40.0 Å². The van der Waals surface area contributed by atoms with Crippen LogP contribution in [0.15, 0.2) is 12.1 Å². The molecule has 1 aliphatic heterocycles. The van der Waals surface area contributed by atoms with Gasteiger partial charge in [0.05, 0.1) is 31.5 Å². The molecular formula is C15H20ClNO6. The molecule has 1 atom stereocenters. The van der Waals surface area contributed by atoms with Crippen molar-refractivity contribution in [3.63, 3.8) is 0 Å². The number of aliphatic hydroxyl groups is 1. The molecule has 0 aliphatic carbocycles. The molecule has 128 valence electrons. The molecular weight excluding hydrogens is 326 g/mol. The largest absolute Gasteiger partial charge is 0.493 e. The van der Waals surface area contributed by atoms with Gasteiger partial charge in [-0.2, -0.15) is 0 Å². The predicted molar refractivity (Wildman–Crippen MR) is 83.2 cm³/mol. The number of methoxy groups -OCH3 is 1. The fourth-order valence-corrected chi connectivity index (χ4v) is 2.68. The SMILES string of the molecule is COc1cc(CN2CCOCC(O)C2)cc(Cl)c1OCC(=O)O. The highest BCUT2D eigenvalue weighted by molar-refractivity contribution is 6.32. The summed E-state index contributed by atoms with van der Waals surface area (Å²) in [6.45, 7) is 2.18. The molecule has 1 aromatic carbocycles. The number of carboxylic acid groups (broad SMARTS) is 1. The molecule has 1 fully saturated rings. The first-order chi connectivity index (χ1) is 11.0. The van der Waals surface area contributed by atoms with Crippen molar-refractivity contribution in [3.05, 3.63) is 22.7 Å². The lowest BCUT2D eigenvalue weighted by Crippen LogP contribution is -2.32. The molecule has 0 bridgehead atoms. The Bertz CT molecular complexity index is 553. The van der Waals surface area contributed by atoms with Crippen LogP contribution in [0, 0.1) is 0 Å². The Morgan fingerprint density at radius 3 is 3.00 bits per heavy atom. The highest BCUT2D eigenvalue weighted by Gasteiger charge is 2.19. The van der Waals surface area contributed by atoms with Crippen molar-refractivity contribution >= 4 is 17.6 Å². The second-order valence-electron chi connectivity index (χ2n) is 5.26. The minimum Gasteiger partial charge on any atom is -0.493 e. The van der Waals surface area contributed by atoms with E-state index in [1.165, 1.54) is 7.11 Å². The van der Waals surface area contributed by atoms with Gasteiger partial charge in [-0.25, -0.2) is 4.79 Å². The van der Waals surface area contributed by atoms with Crippen molar-refractivity contribution in [2.24, 2.45) is 0 Å². The quantitative estimate of drug-likeness (QED) is 0.795. The van der Waals surface area contributed by atoms with E-state index in [2.05, 4.69) is 4.90 Å². The highest BCUT2D eigenvalue weighted by Crippen LogP contribution is 2.36. The Morgan fingerprint density at radius 1 is 1.52 bits per heavy atom. The first-order valence-corrected chi connectivity index (χ1v) is 7.56. The van der Waals surface area contributed by atoms with Crippen molar-refractivity contribution in [2.45, 2.75) is 12.6 Å². The van der Waals surface area contributed by atoms with Crippen LogP contribution in [0.5, 0.6) is 11.5 Å². The minimum absolute atomic E-state index is 0.208. The van der Waals surface area contributed by atoms with Gasteiger partial charge < -0.3 is 24.4 Å². The van der Waals surface area contributed by atoms with Crippen LogP contribution >= 0.6 is 11.6 Å². The maximum absolute atomic E-state index is 10.6. The number of aliphatic hydroxyl groups excluding tert-OH is 1. The summed E-state index contributed by atoms with van der Waals surface area (Å²) in [7, 11) is 1.46. The lowest BCUT2D eigenvalue weighted by molar-refractivity contribution is -0.139. The number of halogens is 1. The second-order valence-corrected chi connectivity index (χ2v) is 5.66. The van der Waals surface area contributed by atoms with Gasteiger partial charge in [0.1, 0.15) is 0 Å². The summed E-state index contributed by atoms with van der Waals surface area (Å²) in [5, 5.41) is 18.8. The Labute approximate surface area is 139 Å². The van der Waals surface area contributed by atoms with Gasteiger partial charge >= 0.3 is 5.97 Å².